The van der Waals surface area contributed by atoms with Gasteiger partial charge in [-0.2, -0.15) is 0 Å². The van der Waals surface area contributed by atoms with Gasteiger partial charge in [-0.1, -0.05) is 6.42 Å². The lowest BCUT2D eigenvalue weighted by Gasteiger charge is -2.25. The first-order chi connectivity index (χ1) is 4.93. The fourth-order valence-electron chi connectivity index (χ4n) is 1.16. The Morgan fingerprint density at radius 2 is 2.30 bits per heavy atom. The zero-order chi connectivity index (χ0) is 7.23. The lowest BCUT2D eigenvalue weighted by atomic mass is 9.85. The fourth-order valence-corrected chi connectivity index (χ4v) is 1.16. The van der Waals surface area contributed by atoms with E-state index in [1.807, 2.05) is 0 Å². The van der Waals surface area contributed by atoms with Gasteiger partial charge in [0, 0.05) is 13.0 Å². The molecule has 0 radical (unpaired) electrons. The molecule has 0 aromatic carbocycles. The van der Waals surface area contributed by atoms with Crippen LogP contribution in [0, 0.1) is 18.3 Å². The average Bonchev–Trinajstić information content (AvgIpc) is 1.84. The Labute approximate surface area is 63.2 Å². The van der Waals surface area contributed by atoms with Gasteiger partial charge < -0.3 is 5.32 Å². The third-order valence-corrected chi connectivity index (χ3v) is 2.10. The highest BCUT2D eigenvalue weighted by Gasteiger charge is 2.15. The molecule has 0 aromatic heterocycles. The Balaban J connectivity index is 1.81. The third-order valence-electron chi connectivity index (χ3n) is 2.10. The summed E-state index contributed by atoms with van der Waals surface area (Å²) in [4.78, 5) is 0. The third kappa shape index (κ3) is 2.41. The highest BCUT2D eigenvalue weighted by Crippen LogP contribution is 2.24. The molecule has 0 unspecified atom stereocenters. The van der Waals surface area contributed by atoms with Gasteiger partial charge in [0.2, 0.25) is 0 Å². The molecule has 0 bridgehead atoms. The number of terminal acetylenes is 1. The standard InChI is InChI=1S/C9H15N/c1-2-3-7-10-8-9-5-4-6-9/h1,9-10H,3-8H2. The highest BCUT2D eigenvalue weighted by molar-refractivity contribution is 4.84. The summed E-state index contributed by atoms with van der Waals surface area (Å²) in [5.74, 6) is 3.57. The molecule has 0 spiro atoms. The zero-order valence-corrected chi connectivity index (χ0v) is 6.40. The van der Waals surface area contributed by atoms with Crippen LogP contribution in [-0.2, 0) is 0 Å². The molecule has 10 heavy (non-hydrogen) atoms. The lowest BCUT2D eigenvalue weighted by molar-refractivity contribution is 0.303. The molecule has 1 aliphatic carbocycles. The minimum atomic E-state index is 0.868. The zero-order valence-electron chi connectivity index (χ0n) is 6.40. The number of hydrogen-bond donors (Lipinski definition) is 1. The van der Waals surface area contributed by atoms with E-state index in [9.17, 15) is 0 Å². The van der Waals surface area contributed by atoms with Crippen LogP contribution in [0.3, 0.4) is 0 Å². The largest absolute Gasteiger partial charge is 0.316 e. The van der Waals surface area contributed by atoms with Crippen molar-refractivity contribution in [1.29, 1.82) is 0 Å². The molecule has 1 fully saturated rings. The van der Waals surface area contributed by atoms with Gasteiger partial charge in [-0.25, -0.2) is 0 Å². The van der Waals surface area contributed by atoms with Gasteiger partial charge in [0.15, 0.2) is 0 Å². The second kappa shape index (κ2) is 4.35. The first kappa shape index (κ1) is 7.63. The van der Waals surface area contributed by atoms with Crippen LogP contribution < -0.4 is 5.32 Å². The molecule has 0 atom stereocenters. The maximum Gasteiger partial charge on any atom is 0.0211 e. The molecule has 0 aromatic rings. The van der Waals surface area contributed by atoms with E-state index >= 15 is 0 Å². The minimum absolute atomic E-state index is 0.868. The normalized spacial score (nSPS) is 17.9. The minimum Gasteiger partial charge on any atom is -0.316 e. The van der Waals surface area contributed by atoms with Gasteiger partial charge in [-0.05, 0) is 25.3 Å². The van der Waals surface area contributed by atoms with Gasteiger partial charge in [0.25, 0.3) is 0 Å². The van der Waals surface area contributed by atoms with Crippen LogP contribution in [0.15, 0.2) is 0 Å². The summed E-state index contributed by atoms with van der Waals surface area (Å²) in [6.45, 7) is 2.18. The molecule has 0 saturated heterocycles. The topological polar surface area (TPSA) is 12.0 Å². The van der Waals surface area contributed by atoms with Crippen LogP contribution in [0.25, 0.3) is 0 Å². The molecule has 1 N–H and O–H groups in total. The van der Waals surface area contributed by atoms with E-state index in [4.69, 9.17) is 6.42 Å². The number of nitrogens with one attached hydrogen (secondary N) is 1. The Morgan fingerprint density at radius 1 is 1.50 bits per heavy atom. The Hall–Kier alpha value is -0.480. The van der Waals surface area contributed by atoms with E-state index in [0.29, 0.717) is 0 Å². The van der Waals surface area contributed by atoms with Crippen molar-refractivity contribution >= 4 is 0 Å². The smallest absolute Gasteiger partial charge is 0.0211 e. The predicted molar refractivity (Wildman–Crippen MR) is 43.7 cm³/mol. The van der Waals surface area contributed by atoms with Crippen molar-refractivity contribution in [3.63, 3.8) is 0 Å². The van der Waals surface area contributed by atoms with Gasteiger partial charge in [0.1, 0.15) is 0 Å². The van der Waals surface area contributed by atoms with Crippen LogP contribution in [0.4, 0.5) is 0 Å². The van der Waals surface area contributed by atoms with Gasteiger partial charge in [0.05, 0.1) is 0 Å². The predicted octanol–water partition coefficient (Wildman–Crippen LogP) is 1.40. The molecule has 1 saturated carbocycles. The number of hydrogen-bond acceptors (Lipinski definition) is 1. The summed E-state index contributed by atoms with van der Waals surface area (Å²) in [6.07, 6.45) is 10.2. The van der Waals surface area contributed by atoms with Crippen molar-refractivity contribution in [3.8, 4) is 12.3 Å². The SMILES string of the molecule is C#CCCNCC1CCC1. The van der Waals surface area contributed by atoms with E-state index in [1.54, 1.807) is 0 Å². The van der Waals surface area contributed by atoms with Crippen molar-refractivity contribution < 1.29 is 0 Å². The van der Waals surface area contributed by atoms with Crippen LogP contribution >= 0.6 is 0 Å². The molecule has 1 nitrogen and oxygen atoms in total. The molecule has 0 amide bonds. The second-order valence-electron chi connectivity index (χ2n) is 2.96. The van der Waals surface area contributed by atoms with Gasteiger partial charge in [-0.3, -0.25) is 0 Å². The van der Waals surface area contributed by atoms with Crippen molar-refractivity contribution in [2.75, 3.05) is 13.1 Å². The van der Waals surface area contributed by atoms with Gasteiger partial charge >= 0.3 is 0 Å². The van der Waals surface area contributed by atoms with Crippen LogP contribution in [-0.4, -0.2) is 13.1 Å². The summed E-state index contributed by atoms with van der Waals surface area (Å²) in [6, 6.07) is 0. The van der Waals surface area contributed by atoms with E-state index < -0.39 is 0 Å². The van der Waals surface area contributed by atoms with Crippen LogP contribution in [0.1, 0.15) is 25.7 Å². The molecule has 0 heterocycles. The first-order valence-electron chi connectivity index (χ1n) is 4.07. The summed E-state index contributed by atoms with van der Waals surface area (Å²) in [5, 5.41) is 3.35. The van der Waals surface area contributed by atoms with Crippen LogP contribution in [0.2, 0.25) is 0 Å². The Kier molecular flexibility index (Phi) is 3.32. The van der Waals surface area contributed by atoms with Crippen molar-refractivity contribution in [2.24, 2.45) is 5.92 Å². The molecular formula is C9H15N. The van der Waals surface area contributed by atoms with Crippen LogP contribution in [0.5, 0.6) is 0 Å². The van der Waals surface area contributed by atoms with E-state index in [-0.39, 0.29) is 0 Å². The van der Waals surface area contributed by atoms with Crippen molar-refractivity contribution in [3.05, 3.63) is 0 Å². The fraction of sp³-hybridized carbons (Fsp3) is 0.778. The maximum atomic E-state index is 5.10. The Bertz CT molecular complexity index is 119. The Morgan fingerprint density at radius 3 is 2.80 bits per heavy atom. The van der Waals surface area contributed by atoms with E-state index in [2.05, 4.69) is 11.2 Å². The molecule has 1 aliphatic rings. The van der Waals surface area contributed by atoms with Gasteiger partial charge in [-0.15, -0.1) is 12.3 Å². The average molecular weight is 137 g/mol. The lowest BCUT2D eigenvalue weighted by Crippen LogP contribution is -2.27. The van der Waals surface area contributed by atoms with E-state index in [0.717, 1.165) is 18.9 Å². The second-order valence-corrected chi connectivity index (χ2v) is 2.96. The monoisotopic (exact) mass is 137 g/mol. The van der Waals surface area contributed by atoms with Crippen molar-refractivity contribution in [1.82, 2.24) is 5.32 Å². The molecule has 1 rings (SSSR count). The molecular weight excluding hydrogens is 122 g/mol. The summed E-state index contributed by atoms with van der Waals surface area (Å²) in [7, 11) is 0. The summed E-state index contributed by atoms with van der Waals surface area (Å²) < 4.78 is 0. The molecule has 1 heteroatoms. The molecule has 0 aliphatic heterocycles. The highest BCUT2D eigenvalue weighted by atomic mass is 14.9. The van der Waals surface area contributed by atoms with Crippen molar-refractivity contribution in [2.45, 2.75) is 25.7 Å². The first-order valence-corrected chi connectivity index (χ1v) is 4.07. The quantitative estimate of drug-likeness (QED) is 0.456. The maximum absolute atomic E-state index is 5.10. The summed E-state index contributed by atoms with van der Waals surface area (Å²) in [5.41, 5.74) is 0. The van der Waals surface area contributed by atoms with E-state index in [1.165, 1.54) is 25.8 Å². The number of rotatable bonds is 4. The summed E-state index contributed by atoms with van der Waals surface area (Å²) >= 11 is 0. The molecule has 56 valence electrons.